The molecule has 0 nitrogen and oxygen atoms in total. The standard InChI is InChI=1S/C17H28/c1-6-9-12-17(14-13-15(4)5)16(10-7-2)11-8-3/h9,12-16H,1,7-8,10-11H2,2-5H3. The summed E-state index contributed by atoms with van der Waals surface area (Å²) in [6.45, 7) is 12.6. The van der Waals surface area contributed by atoms with Crippen molar-refractivity contribution in [3.63, 3.8) is 0 Å². The van der Waals surface area contributed by atoms with Gasteiger partial charge >= 0.3 is 0 Å². The molecule has 0 saturated heterocycles. The molecule has 0 N–H and O–H groups in total. The smallest absolute Gasteiger partial charge is 0.0162 e. The maximum atomic E-state index is 3.63. The fourth-order valence-electron chi connectivity index (χ4n) is 1.96. The van der Waals surface area contributed by atoms with Gasteiger partial charge in [0, 0.05) is 0 Å². The number of rotatable bonds is 8. The van der Waals surface area contributed by atoms with Crippen molar-refractivity contribution in [2.75, 3.05) is 0 Å². The van der Waals surface area contributed by atoms with Crippen molar-refractivity contribution in [1.82, 2.24) is 0 Å². The molecule has 17 heavy (non-hydrogen) atoms. The van der Waals surface area contributed by atoms with Crippen molar-refractivity contribution in [2.45, 2.75) is 53.4 Å². The van der Waals surface area contributed by atoms with Gasteiger partial charge in [0.05, 0.1) is 0 Å². The highest BCUT2D eigenvalue weighted by Gasteiger charge is 2.09. The first kappa shape index (κ1) is 16.0. The largest absolute Gasteiger partial charge is 0.129 e. The average molecular weight is 232 g/mol. The predicted molar refractivity (Wildman–Crippen MR) is 79.1 cm³/mol. The third-order valence-electron chi connectivity index (χ3n) is 2.81. The van der Waals surface area contributed by atoms with E-state index >= 15 is 0 Å². The molecule has 0 atom stereocenters. The SMILES string of the molecule is C=C=CC=C(C=CC(C)C)C(CCC)CCC. The lowest BCUT2D eigenvalue weighted by Crippen LogP contribution is -2.02. The molecule has 0 aromatic rings. The summed E-state index contributed by atoms with van der Waals surface area (Å²) in [7, 11) is 0. The molecule has 0 spiro atoms. The molecule has 0 aromatic carbocycles. The van der Waals surface area contributed by atoms with Crippen molar-refractivity contribution in [3.8, 4) is 0 Å². The number of hydrogen-bond acceptors (Lipinski definition) is 0. The van der Waals surface area contributed by atoms with Crippen LogP contribution in [0, 0.1) is 11.8 Å². The molecule has 0 saturated carbocycles. The highest BCUT2D eigenvalue weighted by atomic mass is 14.1. The van der Waals surface area contributed by atoms with Crippen molar-refractivity contribution in [1.29, 1.82) is 0 Å². The Morgan fingerprint density at radius 3 is 2.18 bits per heavy atom. The monoisotopic (exact) mass is 232 g/mol. The second kappa shape index (κ2) is 10.2. The highest BCUT2D eigenvalue weighted by Crippen LogP contribution is 2.24. The van der Waals surface area contributed by atoms with E-state index in [0.717, 1.165) is 0 Å². The van der Waals surface area contributed by atoms with Crippen LogP contribution in [0.25, 0.3) is 0 Å². The molecular formula is C17H28. The molecule has 0 heterocycles. The van der Waals surface area contributed by atoms with Crippen LogP contribution in [0.2, 0.25) is 0 Å². The van der Waals surface area contributed by atoms with Crippen molar-refractivity contribution < 1.29 is 0 Å². The van der Waals surface area contributed by atoms with Crippen molar-refractivity contribution >= 4 is 0 Å². The summed E-state index contributed by atoms with van der Waals surface area (Å²) in [5, 5.41) is 0. The second-order valence-corrected chi connectivity index (χ2v) is 4.91. The van der Waals surface area contributed by atoms with Crippen LogP contribution in [0.5, 0.6) is 0 Å². The average Bonchev–Trinajstić information content (AvgIpc) is 2.29. The first-order valence-electron chi connectivity index (χ1n) is 6.89. The van der Waals surface area contributed by atoms with Gasteiger partial charge in [0.1, 0.15) is 0 Å². The van der Waals surface area contributed by atoms with Gasteiger partial charge in [-0.25, -0.2) is 0 Å². The zero-order valence-electron chi connectivity index (χ0n) is 12.0. The molecule has 0 aliphatic carbocycles. The Hall–Kier alpha value is -1.00. The van der Waals surface area contributed by atoms with Gasteiger partial charge in [-0.2, -0.15) is 0 Å². The van der Waals surface area contributed by atoms with E-state index in [1.54, 1.807) is 0 Å². The van der Waals surface area contributed by atoms with E-state index in [9.17, 15) is 0 Å². The van der Waals surface area contributed by atoms with Crippen LogP contribution in [0.1, 0.15) is 53.4 Å². The number of hydrogen-bond donors (Lipinski definition) is 0. The van der Waals surface area contributed by atoms with Crippen molar-refractivity contribution in [2.24, 2.45) is 11.8 Å². The van der Waals surface area contributed by atoms with Gasteiger partial charge in [0.2, 0.25) is 0 Å². The minimum atomic E-state index is 0.606. The van der Waals surface area contributed by atoms with Gasteiger partial charge in [0.15, 0.2) is 0 Å². The summed E-state index contributed by atoms with van der Waals surface area (Å²) < 4.78 is 0. The van der Waals surface area contributed by atoms with Gasteiger partial charge in [-0.05, 0) is 36.3 Å². The molecule has 0 heteroatoms. The van der Waals surface area contributed by atoms with Crippen LogP contribution in [0.3, 0.4) is 0 Å². The lowest BCUT2D eigenvalue weighted by molar-refractivity contribution is 0.512. The summed E-state index contributed by atoms with van der Waals surface area (Å²) in [4.78, 5) is 0. The summed E-state index contributed by atoms with van der Waals surface area (Å²) in [5.74, 6) is 1.29. The Labute approximate surface area is 108 Å². The van der Waals surface area contributed by atoms with E-state index < -0.39 is 0 Å². The Bertz CT molecular complexity index is 279. The molecular weight excluding hydrogens is 204 g/mol. The molecule has 0 aliphatic rings. The topological polar surface area (TPSA) is 0 Å². The second-order valence-electron chi connectivity index (χ2n) is 4.91. The van der Waals surface area contributed by atoms with Crippen LogP contribution in [0.4, 0.5) is 0 Å². The van der Waals surface area contributed by atoms with E-state index in [-0.39, 0.29) is 0 Å². The fraction of sp³-hybridized carbons (Fsp3) is 0.588. The van der Waals surface area contributed by atoms with E-state index in [2.05, 4.69) is 58.2 Å². The van der Waals surface area contributed by atoms with Crippen LogP contribution < -0.4 is 0 Å². The van der Waals surface area contributed by atoms with E-state index in [1.807, 2.05) is 6.08 Å². The van der Waals surface area contributed by atoms with Gasteiger partial charge in [-0.15, -0.1) is 5.73 Å². The first-order valence-corrected chi connectivity index (χ1v) is 6.89. The summed E-state index contributed by atoms with van der Waals surface area (Å²) in [6, 6.07) is 0. The predicted octanol–water partition coefficient (Wildman–Crippen LogP) is 5.68. The Kier molecular flexibility index (Phi) is 9.57. The van der Waals surface area contributed by atoms with Gasteiger partial charge < -0.3 is 0 Å². The van der Waals surface area contributed by atoms with E-state index in [0.29, 0.717) is 11.8 Å². The molecule has 0 radical (unpaired) electrons. The van der Waals surface area contributed by atoms with Crippen LogP contribution in [0.15, 0.2) is 42.2 Å². The van der Waals surface area contributed by atoms with Crippen LogP contribution in [-0.4, -0.2) is 0 Å². The summed E-state index contributed by atoms with van der Waals surface area (Å²) in [5.41, 5.74) is 4.27. The maximum absolute atomic E-state index is 3.63. The molecule has 96 valence electrons. The summed E-state index contributed by atoms with van der Waals surface area (Å²) >= 11 is 0. The quantitative estimate of drug-likeness (QED) is 0.373. The molecule has 0 unspecified atom stereocenters. The lowest BCUT2D eigenvalue weighted by Gasteiger charge is -2.16. The van der Waals surface area contributed by atoms with Crippen LogP contribution in [-0.2, 0) is 0 Å². The Balaban J connectivity index is 4.90. The molecule has 0 aromatic heterocycles. The maximum Gasteiger partial charge on any atom is -0.0162 e. The Morgan fingerprint density at radius 2 is 1.76 bits per heavy atom. The van der Waals surface area contributed by atoms with E-state index in [4.69, 9.17) is 0 Å². The third-order valence-corrected chi connectivity index (χ3v) is 2.81. The van der Waals surface area contributed by atoms with Gasteiger partial charge in [-0.1, -0.05) is 65.3 Å². The number of allylic oxidation sites excluding steroid dienone is 5. The molecule has 0 amide bonds. The highest BCUT2D eigenvalue weighted by molar-refractivity contribution is 5.26. The molecule has 0 rings (SSSR count). The normalized spacial score (nSPS) is 12.5. The third kappa shape index (κ3) is 7.82. The lowest BCUT2D eigenvalue weighted by atomic mass is 9.89. The molecule has 0 aliphatic heterocycles. The fourth-order valence-corrected chi connectivity index (χ4v) is 1.96. The van der Waals surface area contributed by atoms with E-state index in [1.165, 1.54) is 31.3 Å². The van der Waals surface area contributed by atoms with Crippen molar-refractivity contribution in [3.05, 3.63) is 42.2 Å². The minimum Gasteiger partial charge on any atom is -0.129 e. The Morgan fingerprint density at radius 1 is 1.18 bits per heavy atom. The molecule has 0 fully saturated rings. The van der Waals surface area contributed by atoms with Crippen LogP contribution >= 0.6 is 0 Å². The van der Waals surface area contributed by atoms with Gasteiger partial charge in [-0.3, -0.25) is 0 Å². The zero-order valence-corrected chi connectivity index (χ0v) is 12.0. The minimum absolute atomic E-state index is 0.606. The molecule has 0 bridgehead atoms. The zero-order chi connectivity index (χ0) is 13.1. The summed E-state index contributed by atoms with van der Waals surface area (Å²) in [6.07, 6.45) is 13.7. The van der Waals surface area contributed by atoms with Gasteiger partial charge in [0.25, 0.3) is 0 Å². The first-order chi connectivity index (χ1) is 8.15.